The van der Waals surface area contributed by atoms with Crippen molar-refractivity contribution in [3.05, 3.63) is 57.3 Å². The molecular formula is C15H13Br2FO. The minimum atomic E-state index is -0.352. The molecule has 0 aliphatic heterocycles. The van der Waals surface area contributed by atoms with Gasteiger partial charge < -0.3 is 4.74 Å². The fraction of sp³-hybridized carbons (Fsp3) is 0.200. The highest BCUT2D eigenvalue weighted by atomic mass is 79.9. The first kappa shape index (κ1) is 14.5. The number of halogens is 3. The Bertz CT molecular complexity index is 588. The lowest BCUT2D eigenvalue weighted by atomic mass is 10.1. The predicted octanol–water partition coefficient (Wildman–Crippen LogP) is 5.89. The fourth-order valence-corrected chi connectivity index (χ4v) is 2.53. The van der Waals surface area contributed by atoms with Crippen molar-refractivity contribution in [1.29, 1.82) is 0 Å². The van der Waals surface area contributed by atoms with Crippen LogP contribution in [0, 0.1) is 19.7 Å². The topological polar surface area (TPSA) is 9.23 Å². The zero-order chi connectivity index (χ0) is 14.0. The van der Waals surface area contributed by atoms with E-state index in [4.69, 9.17) is 4.74 Å². The van der Waals surface area contributed by atoms with Crippen LogP contribution in [0.5, 0.6) is 11.5 Å². The van der Waals surface area contributed by atoms with Crippen LogP contribution in [0.2, 0.25) is 0 Å². The van der Waals surface area contributed by atoms with E-state index in [2.05, 4.69) is 31.9 Å². The van der Waals surface area contributed by atoms with Gasteiger partial charge in [0.15, 0.2) is 11.6 Å². The Labute approximate surface area is 129 Å². The van der Waals surface area contributed by atoms with Gasteiger partial charge in [-0.1, -0.05) is 44.0 Å². The molecule has 2 aromatic rings. The Balaban J connectivity index is 2.42. The Kier molecular flexibility index (Phi) is 4.63. The maximum Gasteiger partial charge on any atom is 0.167 e. The second-order valence-corrected chi connectivity index (χ2v) is 5.69. The molecule has 19 heavy (non-hydrogen) atoms. The zero-order valence-electron chi connectivity index (χ0n) is 10.6. The van der Waals surface area contributed by atoms with E-state index in [1.165, 1.54) is 6.07 Å². The Hall–Kier alpha value is -0.870. The Morgan fingerprint density at radius 2 is 1.79 bits per heavy atom. The van der Waals surface area contributed by atoms with Crippen molar-refractivity contribution in [1.82, 2.24) is 0 Å². The number of aryl methyl sites for hydroxylation is 2. The Morgan fingerprint density at radius 1 is 1.16 bits per heavy atom. The number of para-hydroxylation sites is 1. The standard InChI is InChI=1S/C15H13Br2FO/c1-9-6-12(7-10(2)14(9)17)19-15-11(8-16)4-3-5-13(15)18/h3-7H,8H2,1-2H3. The van der Waals surface area contributed by atoms with Crippen LogP contribution in [-0.4, -0.2) is 0 Å². The van der Waals surface area contributed by atoms with Crippen molar-refractivity contribution in [2.24, 2.45) is 0 Å². The molecule has 4 heteroatoms. The maximum atomic E-state index is 13.8. The smallest absolute Gasteiger partial charge is 0.167 e. The highest BCUT2D eigenvalue weighted by Gasteiger charge is 2.11. The van der Waals surface area contributed by atoms with Crippen LogP contribution in [-0.2, 0) is 5.33 Å². The summed E-state index contributed by atoms with van der Waals surface area (Å²) in [4.78, 5) is 0. The second-order valence-electron chi connectivity index (χ2n) is 4.33. The van der Waals surface area contributed by atoms with Crippen molar-refractivity contribution in [3.63, 3.8) is 0 Å². The molecule has 0 radical (unpaired) electrons. The van der Waals surface area contributed by atoms with Gasteiger partial charge in [0.25, 0.3) is 0 Å². The summed E-state index contributed by atoms with van der Waals surface area (Å²) in [6.45, 7) is 3.97. The summed E-state index contributed by atoms with van der Waals surface area (Å²) in [5.74, 6) is 0.571. The SMILES string of the molecule is Cc1cc(Oc2c(F)cccc2CBr)cc(C)c1Br. The molecule has 1 nitrogen and oxygen atoms in total. The molecule has 2 aromatic carbocycles. The molecule has 0 spiro atoms. The molecule has 0 unspecified atom stereocenters. The van der Waals surface area contributed by atoms with Gasteiger partial charge in [0, 0.05) is 15.4 Å². The number of benzene rings is 2. The molecule has 0 saturated carbocycles. The number of ether oxygens (including phenoxy) is 1. The molecule has 0 aliphatic carbocycles. The highest BCUT2D eigenvalue weighted by Crippen LogP contribution is 2.33. The zero-order valence-corrected chi connectivity index (χ0v) is 13.8. The van der Waals surface area contributed by atoms with Gasteiger partial charge in [0.1, 0.15) is 5.75 Å². The molecule has 100 valence electrons. The van der Waals surface area contributed by atoms with Gasteiger partial charge in [-0.25, -0.2) is 4.39 Å². The molecule has 2 rings (SSSR count). The largest absolute Gasteiger partial charge is 0.454 e. The molecular weight excluding hydrogens is 375 g/mol. The van der Waals surface area contributed by atoms with Gasteiger partial charge in [-0.3, -0.25) is 0 Å². The van der Waals surface area contributed by atoms with E-state index in [1.807, 2.05) is 32.0 Å². The van der Waals surface area contributed by atoms with Gasteiger partial charge in [0.2, 0.25) is 0 Å². The number of rotatable bonds is 3. The van der Waals surface area contributed by atoms with E-state index in [0.717, 1.165) is 21.2 Å². The number of hydrogen-bond donors (Lipinski definition) is 0. The monoisotopic (exact) mass is 386 g/mol. The average Bonchev–Trinajstić information content (AvgIpc) is 2.38. The van der Waals surface area contributed by atoms with Gasteiger partial charge in [-0.15, -0.1) is 0 Å². The van der Waals surface area contributed by atoms with Crippen LogP contribution in [0.3, 0.4) is 0 Å². The van der Waals surface area contributed by atoms with Crippen molar-refractivity contribution in [2.45, 2.75) is 19.2 Å². The van der Waals surface area contributed by atoms with E-state index in [-0.39, 0.29) is 11.6 Å². The van der Waals surface area contributed by atoms with Crippen molar-refractivity contribution in [3.8, 4) is 11.5 Å². The highest BCUT2D eigenvalue weighted by molar-refractivity contribution is 9.10. The van der Waals surface area contributed by atoms with Gasteiger partial charge in [-0.05, 0) is 43.2 Å². The quantitative estimate of drug-likeness (QED) is 0.596. The first-order chi connectivity index (χ1) is 9.02. The number of alkyl halides is 1. The molecule has 0 fully saturated rings. The summed E-state index contributed by atoms with van der Waals surface area (Å²) >= 11 is 6.85. The van der Waals surface area contributed by atoms with E-state index >= 15 is 0 Å². The normalized spacial score (nSPS) is 10.6. The minimum absolute atomic E-state index is 0.278. The van der Waals surface area contributed by atoms with Gasteiger partial charge in [0.05, 0.1) is 0 Å². The summed E-state index contributed by atoms with van der Waals surface area (Å²) in [7, 11) is 0. The molecule has 0 aliphatic rings. The summed E-state index contributed by atoms with van der Waals surface area (Å²) in [6.07, 6.45) is 0. The predicted molar refractivity (Wildman–Crippen MR) is 82.7 cm³/mol. The molecule has 0 aromatic heterocycles. The van der Waals surface area contributed by atoms with Crippen LogP contribution in [0.25, 0.3) is 0 Å². The lowest BCUT2D eigenvalue weighted by molar-refractivity contribution is 0.437. The Morgan fingerprint density at radius 3 is 2.37 bits per heavy atom. The van der Waals surface area contributed by atoms with E-state index < -0.39 is 0 Å². The van der Waals surface area contributed by atoms with E-state index in [9.17, 15) is 4.39 Å². The van der Waals surface area contributed by atoms with Crippen LogP contribution in [0.15, 0.2) is 34.8 Å². The van der Waals surface area contributed by atoms with Crippen molar-refractivity contribution >= 4 is 31.9 Å². The third kappa shape index (κ3) is 3.18. The van der Waals surface area contributed by atoms with Gasteiger partial charge >= 0.3 is 0 Å². The molecule has 0 N–H and O–H groups in total. The van der Waals surface area contributed by atoms with Gasteiger partial charge in [-0.2, -0.15) is 0 Å². The second kappa shape index (κ2) is 6.06. The van der Waals surface area contributed by atoms with Crippen molar-refractivity contribution in [2.75, 3.05) is 0 Å². The first-order valence-corrected chi connectivity index (χ1v) is 7.72. The average molecular weight is 388 g/mol. The maximum absolute atomic E-state index is 13.8. The minimum Gasteiger partial charge on any atom is -0.454 e. The molecule has 0 amide bonds. The van der Waals surface area contributed by atoms with Crippen molar-refractivity contribution < 1.29 is 9.13 Å². The van der Waals surface area contributed by atoms with E-state index in [1.54, 1.807) is 6.07 Å². The third-order valence-electron chi connectivity index (χ3n) is 2.82. The lowest BCUT2D eigenvalue weighted by Gasteiger charge is -2.13. The van der Waals surface area contributed by atoms with Crippen LogP contribution >= 0.6 is 31.9 Å². The summed E-state index contributed by atoms with van der Waals surface area (Å²) in [5, 5.41) is 0.550. The van der Waals surface area contributed by atoms with E-state index in [0.29, 0.717) is 11.1 Å². The first-order valence-electron chi connectivity index (χ1n) is 5.81. The third-order valence-corrected chi connectivity index (χ3v) is 4.68. The molecule has 0 bridgehead atoms. The molecule has 0 atom stereocenters. The van der Waals surface area contributed by atoms with Crippen LogP contribution in [0.4, 0.5) is 4.39 Å². The number of hydrogen-bond acceptors (Lipinski definition) is 1. The fourth-order valence-electron chi connectivity index (χ4n) is 1.86. The van der Waals surface area contributed by atoms with Crippen LogP contribution < -0.4 is 4.74 Å². The molecule has 0 heterocycles. The lowest BCUT2D eigenvalue weighted by Crippen LogP contribution is -1.94. The van der Waals surface area contributed by atoms with Crippen LogP contribution in [0.1, 0.15) is 16.7 Å². The summed E-state index contributed by atoms with van der Waals surface area (Å²) in [5.41, 5.74) is 2.91. The summed E-state index contributed by atoms with van der Waals surface area (Å²) in [6, 6.07) is 8.70. The molecule has 0 saturated heterocycles. The summed E-state index contributed by atoms with van der Waals surface area (Å²) < 4.78 is 20.6.